The van der Waals surface area contributed by atoms with Crippen molar-refractivity contribution in [1.29, 1.82) is 0 Å². The third kappa shape index (κ3) is 4.38. The molecule has 0 atom stereocenters. The molecule has 0 spiro atoms. The van der Waals surface area contributed by atoms with Crippen molar-refractivity contribution in [3.05, 3.63) is 17.4 Å². The Hall–Kier alpha value is -1.70. The topological polar surface area (TPSA) is 81.2 Å². The molecule has 7 nitrogen and oxygen atoms in total. The summed E-state index contributed by atoms with van der Waals surface area (Å²) in [6.45, 7) is 2.42. The maximum Gasteiger partial charge on any atom is 0.225 e. The van der Waals surface area contributed by atoms with Crippen molar-refractivity contribution in [2.75, 3.05) is 51.2 Å². The van der Waals surface area contributed by atoms with Gasteiger partial charge in [-0.05, 0) is 6.07 Å². The first kappa shape index (κ1) is 15.7. The van der Waals surface area contributed by atoms with Crippen LogP contribution in [0.2, 0.25) is 5.15 Å². The van der Waals surface area contributed by atoms with Crippen molar-refractivity contribution < 1.29 is 9.47 Å². The minimum atomic E-state index is 0.404. The Labute approximate surface area is 128 Å². The molecule has 2 heterocycles. The summed E-state index contributed by atoms with van der Waals surface area (Å²) < 4.78 is 10.0. The van der Waals surface area contributed by atoms with E-state index in [-0.39, 0.29) is 0 Å². The molecule has 0 amide bonds. The van der Waals surface area contributed by atoms with Crippen LogP contribution in [0.5, 0.6) is 0 Å². The number of methoxy groups -OCH3 is 2. The Morgan fingerprint density at radius 2 is 1.81 bits per heavy atom. The summed E-state index contributed by atoms with van der Waals surface area (Å²) in [6, 6.07) is 1.74. The van der Waals surface area contributed by atoms with Gasteiger partial charge in [0.25, 0.3) is 0 Å². The number of halogens is 1. The molecule has 0 aliphatic carbocycles. The highest BCUT2D eigenvalue weighted by atomic mass is 35.5. The van der Waals surface area contributed by atoms with Crippen LogP contribution < -0.4 is 10.6 Å². The van der Waals surface area contributed by atoms with Crippen LogP contribution in [0.1, 0.15) is 0 Å². The first-order valence-corrected chi connectivity index (χ1v) is 6.91. The highest BCUT2D eigenvalue weighted by Crippen LogP contribution is 2.23. The molecule has 2 aromatic rings. The zero-order chi connectivity index (χ0) is 15.1. The van der Waals surface area contributed by atoms with Crippen LogP contribution in [0.25, 0.3) is 10.9 Å². The second-order valence-electron chi connectivity index (χ2n) is 4.26. The fraction of sp³-hybridized carbons (Fsp3) is 0.462. The van der Waals surface area contributed by atoms with E-state index in [0.29, 0.717) is 48.7 Å². The van der Waals surface area contributed by atoms with Crippen LogP contribution in [0.3, 0.4) is 0 Å². The first-order valence-electron chi connectivity index (χ1n) is 6.53. The summed E-state index contributed by atoms with van der Waals surface area (Å²) in [7, 11) is 3.30. The standard InChI is InChI=1S/C13H18ClN5O2/c1-20-5-3-15-12-9-7-11(14)17-8-10(9)18-13(19-12)16-4-6-21-2/h7-8H,3-6H2,1-2H3,(H2,15,16,18,19). The van der Waals surface area contributed by atoms with Crippen molar-refractivity contribution in [1.82, 2.24) is 15.0 Å². The van der Waals surface area contributed by atoms with Crippen molar-refractivity contribution in [2.24, 2.45) is 0 Å². The molecule has 0 bridgehead atoms. The zero-order valence-electron chi connectivity index (χ0n) is 12.0. The normalized spacial score (nSPS) is 10.8. The van der Waals surface area contributed by atoms with E-state index in [9.17, 15) is 0 Å². The Morgan fingerprint density at radius 1 is 1.10 bits per heavy atom. The summed E-state index contributed by atoms with van der Waals surface area (Å²) in [5.41, 5.74) is 0.717. The maximum atomic E-state index is 5.94. The monoisotopic (exact) mass is 311 g/mol. The minimum absolute atomic E-state index is 0.404. The molecule has 0 radical (unpaired) electrons. The van der Waals surface area contributed by atoms with Crippen LogP contribution >= 0.6 is 11.6 Å². The van der Waals surface area contributed by atoms with Gasteiger partial charge < -0.3 is 20.1 Å². The average molecular weight is 312 g/mol. The summed E-state index contributed by atoms with van der Waals surface area (Å²) >= 11 is 5.94. The van der Waals surface area contributed by atoms with E-state index in [1.54, 1.807) is 26.5 Å². The zero-order valence-corrected chi connectivity index (χ0v) is 12.8. The van der Waals surface area contributed by atoms with E-state index in [0.717, 1.165) is 5.39 Å². The largest absolute Gasteiger partial charge is 0.383 e. The lowest BCUT2D eigenvalue weighted by Gasteiger charge is -2.11. The quantitative estimate of drug-likeness (QED) is 0.568. The maximum absolute atomic E-state index is 5.94. The number of nitrogens with one attached hydrogen (secondary N) is 2. The van der Waals surface area contributed by atoms with Gasteiger partial charge in [0.2, 0.25) is 5.95 Å². The number of rotatable bonds is 8. The lowest BCUT2D eigenvalue weighted by Crippen LogP contribution is -2.13. The highest BCUT2D eigenvalue weighted by molar-refractivity contribution is 6.30. The highest BCUT2D eigenvalue weighted by Gasteiger charge is 2.08. The van der Waals surface area contributed by atoms with Gasteiger partial charge >= 0.3 is 0 Å². The molecule has 2 N–H and O–H groups in total. The minimum Gasteiger partial charge on any atom is -0.383 e. The summed E-state index contributed by atoms with van der Waals surface area (Å²) in [6.07, 6.45) is 1.63. The molecule has 0 aliphatic rings. The van der Waals surface area contributed by atoms with E-state index in [1.165, 1.54) is 0 Å². The fourth-order valence-electron chi connectivity index (χ4n) is 1.76. The molecule has 0 unspecified atom stereocenters. The fourth-order valence-corrected chi connectivity index (χ4v) is 1.91. The van der Waals surface area contributed by atoms with Gasteiger partial charge in [0.1, 0.15) is 11.0 Å². The van der Waals surface area contributed by atoms with Crippen molar-refractivity contribution in [3.8, 4) is 0 Å². The second kappa shape index (κ2) is 7.92. The van der Waals surface area contributed by atoms with Crippen molar-refractivity contribution >= 4 is 34.3 Å². The summed E-state index contributed by atoms with van der Waals surface area (Å²) in [5, 5.41) is 7.54. The van der Waals surface area contributed by atoms with Gasteiger partial charge in [-0.25, -0.2) is 9.97 Å². The smallest absolute Gasteiger partial charge is 0.225 e. The van der Waals surface area contributed by atoms with Gasteiger partial charge in [0, 0.05) is 32.7 Å². The van der Waals surface area contributed by atoms with E-state index in [4.69, 9.17) is 21.1 Å². The Kier molecular flexibility index (Phi) is 5.91. The third-order valence-corrected chi connectivity index (χ3v) is 2.94. The molecule has 0 aromatic carbocycles. The first-order chi connectivity index (χ1) is 10.2. The lowest BCUT2D eigenvalue weighted by molar-refractivity contribution is 0.210. The molecule has 0 saturated heterocycles. The molecule has 0 aliphatic heterocycles. The molecule has 2 aromatic heterocycles. The van der Waals surface area contributed by atoms with Crippen LogP contribution in [-0.4, -0.2) is 55.5 Å². The third-order valence-electron chi connectivity index (χ3n) is 2.74. The number of hydrogen-bond donors (Lipinski definition) is 2. The lowest BCUT2D eigenvalue weighted by atomic mass is 10.3. The number of aromatic nitrogens is 3. The van der Waals surface area contributed by atoms with Crippen LogP contribution in [-0.2, 0) is 9.47 Å². The van der Waals surface area contributed by atoms with E-state index < -0.39 is 0 Å². The van der Waals surface area contributed by atoms with Gasteiger partial charge in [-0.1, -0.05) is 11.6 Å². The molecule has 0 saturated carbocycles. The van der Waals surface area contributed by atoms with Crippen LogP contribution in [0.4, 0.5) is 11.8 Å². The summed E-state index contributed by atoms with van der Waals surface area (Å²) in [4.78, 5) is 12.9. The van der Waals surface area contributed by atoms with Crippen molar-refractivity contribution in [3.63, 3.8) is 0 Å². The summed E-state index contributed by atoms with van der Waals surface area (Å²) in [5.74, 6) is 1.21. The van der Waals surface area contributed by atoms with Gasteiger partial charge in [-0.15, -0.1) is 0 Å². The van der Waals surface area contributed by atoms with Crippen LogP contribution in [0, 0.1) is 0 Å². The molecular formula is C13H18ClN5O2. The average Bonchev–Trinajstić information content (AvgIpc) is 2.48. The Bertz CT molecular complexity index is 596. The molecule has 114 valence electrons. The van der Waals surface area contributed by atoms with Gasteiger partial charge in [-0.2, -0.15) is 4.98 Å². The Morgan fingerprint density at radius 3 is 2.52 bits per heavy atom. The van der Waals surface area contributed by atoms with E-state index in [1.807, 2.05) is 0 Å². The van der Waals surface area contributed by atoms with Crippen molar-refractivity contribution in [2.45, 2.75) is 0 Å². The Balaban J connectivity index is 2.28. The molecular weight excluding hydrogens is 294 g/mol. The molecule has 21 heavy (non-hydrogen) atoms. The predicted molar refractivity (Wildman–Crippen MR) is 83.1 cm³/mol. The predicted octanol–water partition coefficient (Wildman–Crippen LogP) is 1.79. The van der Waals surface area contributed by atoms with Gasteiger partial charge in [0.05, 0.1) is 24.9 Å². The number of fused-ring (bicyclic) bond motifs is 1. The molecule has 2 rings (SSSR count). The molecule has 0 fully saturated rings. The number of anilines is 2. The van der Waals surface area contributed by atoms with E-state index in [2.05, 4.69) is 25.6 Å². The number of nitrogens with zero attached hydrogens (tertiary/aromatic N) is 3. The van der Waals surface area contributed by atoms with Crippen LogP contribution in [0.15, 0.2) is 12.3 Å². The number of pyridine rings is 1. The second-order valence-corrected chi connectivity index (χ2v) is 4.65. The molecule has 8 heteroatoms. The number of hydrogen-bond acceptors (Lipinski definition) is 7. The van der Waals surface area contributed by atoms with E-state index >= 15 is 0 Å². The van der Waals surface area contributed by atoms with Gasteiger partial charge in [-0.3, -0.25) is 0 Å². The van der Waals surface area contributed by atoms with Gasteiger partial charge in [0.15, 0.2) is 0 Å². The SMILES string of the molecule is COCCNc1nc(NCCOC)c2cc(Cl)ncc2n1. The number of ether oxygens (including phenoxy) is 2.